The Kier molecular flexibility index (Phi) is 8.58. The molecular formula is C21H38Cl2N4O. The Hall–Kier alpha value is -0.230. The van der Waals surface area contributed by atoms with Crippen molar-refractivity contribution in [2.24, 2.45) is 5.92 Å². The molecule has 3 rings (SSSR count). The predicted molar refractivity (Wildman–Crippen MR) is 118 cm³/mol. The van der Waals surface area contributed by atoms with Crippen LogP contribution in [-0.4, -0.2) is 90.4 Å². The molecule has 2 amide bonds. The SMILES string of the molecule is CN(C)C(=O)NC1CCC(CCN2CCN(C3CCCC(Cl)C3Cl)CC2)CC1. The molecule has 2 aliphatic carbocycles. The van der Waals surface area contributed by atoms with E-state index in [-0.39, 0.29) is 16.8 Å². The second-order valence-electron chi connectivity index (χ2n) is 9.19. The normalized spacial score (nSPS) is 35.5. The fraction of sp³-hybridized carbons (Fsp3) is 0.952. The van der Waals surface area contributed by atoms with Gasteiger partial charge in [-0.25, -0.2) is 4.79 Å². The van der Waals surface area contributed by atoms with Crippen LogP contribution in [0.2, 0.25) is 0 Å². The molecule has 0 aromatic heterocycles. The molecule has 0 aromatic rings. The van der Waals surface area contributed by atoms with Gasteiger partial charge in [-0.15, -0.1) is 23.2 Å². The fourth-order valence-corrected chi connectivity index (χ4v) is 5.78. The van der Waals surface area contributed by atoms with Gasteiger partial charge in [-0.2, -0.15) is 0 Å². The van der Waals surface area contributed by atoms with Crippen LogP contribution < -0.4 is 5.32 Å². The largest absolute Gasteiger partial charge is 0.335 e. The summed E-state index contributed by atoms with van der Waals surface area (Å²) in [6.07, 6.45) is 9.49. The van der Waals surface area contributed by atoms with Crippen LogP contribution in [0, 0.1) is 5.92 Å². The fourth-order valence-electron chi connectivity index (χ4n) is 5.05. The highest BCUT2D eigenvalue weighted by Gasteiger charge is 2.35. The summed E-state index contributed by atoms with van der Waals surface area (Å²) in [5.74, 6) is 0.813. The summed E-state index contributed by atoms with van der Waals surface area (Å²) in [5, 5.41) is 3.38. The minimum absolute atomic E-state index is 0.0407. The lowest BCUT2D eigenvalue weighted by molar-refractivity contribution is 0.0770. The van der Waals surface area contributed by atoms with Crippen LogP contribution in [0.4, 0.5) is 4.79 Å². The van der Waals surface area contributed by atoms with Crippen molar-refractivity contribution < 1.29 is 4.79 Å². The maximum atomic E-state index is 11.8. The average molecular weight is 433 g/mol. The lowest BCUT2D eigenvalue weighted by Gasteiger charge is -2.44. The molecule has 3 aliphatic rings. The van der Waals surface area contributed by atoms with E-state index >= 15 is 0 Å². The smallest absolute Gasteiger partial charge is 0.317 e. The van der Waals surface area contributed by atoms with E-state index in [4.69, 9.17) is 23.2 Å². The van der Waals surface area contributed by atoms with Gasteiger partial charge in [-0.1, -0.05) is 6.42 Å². The molecule has 1 aliphatic heterocycles. The number of carbonyl (C=O) groups excluding carboxylic acids is 1. The molecule has 1 heterocycles. The third-order valence-electron chi connectivity index (χ3n) is 7.00. The number of nitrogens with one attached hydrogen (secondary N) is 1. The van der Waals surface area contributed by atoms with E-state index in [1.54, 1.807) is 19.0 Å². The molecule has 1 saturated heterocycles. The Morgan fingerprint density at radius 1 is 1.00 bits per heavy atom. The highest BCUT2D eigenvalue weighted by atomic mass is 35.5. The summed E-state index contributed by atoms with van der Waals surface area (Å²) in [6.45, 7) is 5.77. The Morgan fingerprint density at radius 3 is 2.32 bits per heavy atom. The summed E-state index contributed by atoms with van der Waals surface area (Å²) in [4.78, 5) is 18.6. The van der Waals surface area contributed by atoms with Crippen LogP contribution in [-0.2, 0) is 0 Å². The molecule has 162 valence electrons. The summed E-state index contributed by atoms with van der Waals surface area (Å²) < 4.78 is 0. The Morgan fingerprint density at radius 2 is 1.68 bits per heavy atom. The molecule has 5 nitrogen and oxygen atoms in total. The highest BCUT2D eigenvalue weighted by molar-refractivity contribution is 6.30. The van der Waals surface area contributed by atoms with Gasteiger partial charge in [0.1, 0.15) is 0 Å². The average Bonchev–Trinajstić information content (AvgIpc) is 2.70. The number of halogens is 2. The van der Waals surface area contributed by atoms with E-state index in [9.17, 15) is 4.79 Å². The second kappa shape index (κ2) is 10.7. The van der Waals surface area contributed by atoms with Crippen LogP contribution >= 0.6 is 23.2 Å². The molecule has 3 unspecified atom stereocenters. The van der Waals surface area contributed by atoms with Crippen LogP contribution in [0.3, 0.4) is 0 Å². The Bertz CT molecular complexity index is 491. The summed E-state index contributed by atoms with van der Waals surface area (Å²) in [7, 11) is 3.60. The van der Waals surface area contributed by atoms with Crippen LogP contribution in [0.1, 0.15) is 51.4 Å². The maximum Gasteiger partial charge on any atom is 0.317 e. The molecule has 0 aromatic carbocycles. The summed E-state index contributed by atoms with van der Waals surface area (Å²) in [6, 6.07) is 0.867. The summed E-state index contributed by atoms with van der Waals surface area (Å²) >= 11 is 13.0. The zero-order valence-corrected chi connectivity index (χ0v) is 19.1. The van der Waals surface area contributed by atoms with E-state index < -0.39 is 0 Å². The van der Waals surface area contributed by atoms with Crippen molar-refractivity contribution in [1.82, 2.24) is 20.0 Å². The molecule has 2 saturated carbocycles. The second-order valence-corrected chi connectivity index (χ2v) is 10.3. The number of piperazine rings is 1. The van der Waals surface area contributed by atoms with Crippen molar-refractivity contribution in [3.8, 4) is 0 Å². The standard InChI is InChI=1S/C21H38Cl2N4O/c1-25(2)21(28)24-17-8-6-16(7-9-17)10-11-26-12-14-27(15-13-26)19-5-3-4-18(22)20(19)23/h16-20H,3-15H2,1-2H3,(H,24,28). The maximum absolute atomic E-state index is 11.8. The van der Waals surface area contributed by atoms with Gasteiger partial charge in [0.2, 0.25) is 0 Å². The van der Waals surface area contributed by atoms with Gasteiger partial charge in [0.25, 0.3) is 0 Å². The zero-order valence-electron chi connectivity index (χ0n) is 17.6. The number of hydrogen-bond donors (Lipinski definition) is 1. The number of amides is 2. The first-order valence-electron chi connectivity index (χ1n) is 11.2. The minimum Gasteiger partial charge on any atom is -0.335 e. The molecule has 1 N–H and O–H groups in total. The van der Waals surface area contributed by atoms with Crippen molar-refractivity contribution in [2.45, 2.75) is 74.2 Å². The van der Waals surface area contributed by atoms with Crippen molar-refractivity contribution >= 4 is 29.2 Å². The molecule has 0 bridgehead atoms. The quantitative estimate of drug-likeness (QED) is 0.674. The number of carbonyl (C=O) groups is 1. The zero-order chi connectivity index (χ0) is 20.1. The molecular weight excluding hydrogens is 395 g/mol. The van der Waals surface area contributed by atoms with Crippen molar-refractivity contribution in [3.05, 3.63) is 0 Å². The lowest BCUT2D eigenvalue weighted by Crippen LogP contribution is -2.55. The predicted octanol–water partition coefficient (Wildman–Crippen LogP) is 3.59. The first kappa shape index (κ1) is 22.5. The lowest BCUT2D eigenvalue weighted by atomic mass is 9.84. The van der Waals surface area contributed by atoms with Gasteiger partial charge in [-0.3, -0.25) is 4.90 Å². The molecule has 7 heteroatoms. The van der Waals surface area contributed by atoms with Crippen LogP contribution in [0.15, 0.2) is 0 Å². The van der Waals surface area contributed by atoms with Gasteiger partial charge < -0.3 is 15.1 Å². The number of alkyl halides is 2. The van der Waals surface area contributed by atoms with Crippen LogP contribution in [0.25, 0.3) is 0 Å². The van der Waals surface area contributed by atoms with Crippen molar-refractivity contribution in [3.63, 3.8) is 0 Å². The van der Waals surface area contributed by atoms with Crippen LogP contribution in [0.5, 0.6) is 0 Å². The van der Waals surface area contributed by atoms with Crippen molar-refractivity contribution in [2.75, 3.05) is 46.8 Å². The topological polar surface area (TPSA) is 38.8 Å². The highest BCUT2D eigenvalue weighted by Crippen LogP contribution is 2.32. The third kappa shape index (κ3) is 6.13. The molecule has 0 radical (unpaired) electrons. The van der Waals surface area contributed by atoms with Gasteiger partial charge in [0, 0.05) is 52.4 Å². The van der Waals surface area contributed by atoms with E-state index in [2.05, 4.69) is 15.1 Å². The van der Waals surface area contributed by atoms with Gasteiger partial charge in [0.05, 0.1) is 10.8 Å². The Labute approximate surface area is 181 Å². The van der Waals surface area contributed by atoms with E-state index in [1.807, 2.05) is 0 Å². The third-order valence-corrected chi connectivity index (χ3v) is 8.22. The van der Waals surface area contributed by atoms with E-state index in [0.29, 0.717) is 12.1 Å². The van der Waals surface area contributed by atoms with Gasteiger partial charge in [-0.05, 0) is 57.4 Å². The summed E-state index contributed by atoms with van der Waals surface area (Å²) in [5.41, 5.74) is 0. The molecule has 0 spiro atoms. The number of urea groups is 1. The monoisotopic (exact) mass is 432 g/mol. The van der Waals surface area contributed by atoms with E-state index in [1.165, 1.54) is 38.6 Å². The van der Waals surface area contributed by atoms with E-state index in [0.717, 1.165) is 51.4 Å². The molecule has 3 atom stereocenters. The Balaban J connectivity index is 1.31. The first-order chi connectivity index (χ1) is 13.4. The number of nitrogens with zero attached hydrogens (tertiary/aromatic N) is 3. The number of rotatable bonds is 5. The van der Waals surface area contributed by atoms with Gasteiger partial charge >= 0.3 is 6.03 Å². The molecule has 3 fully saturated rings. The number of hydrogen-bond acceptors (Lipinski definition) is 3. The molecule has 28 heavy (non-hydrogen) atoms. The minimum atomic E-state index is 0.0407. The first-order valence-corrected chi connectivity index (χ1v) is 12.0. The van der Waals surface area contributed by atoms with Gasteiger partial charge in [0.15, 0.2) is 0 Å². The van der Waals surface area contributed by atoms with Crippen molar-refractivity contribution in [1.29, 1.82) is 0 Å².